The van der Waals surface area contributed by atoms with Crippen molar-refractivity contribution >= 4 is 28.6 Å². The van der Waals surface area contributed by atoms with Crippen LogP contribution in [0.25, 0.3) is 5.69 Å². The second-order valence-corrected chi connectivity index (χ2v) is 5.37. The number of rotatable bonds is 4. The fourth-order valence-electron chi connectivity index (χ4n) is 1.78. The zero-order valence-corrected chi connectivity index (χ0v) is 11.5. The van der Waals surface area contributed by atoms with Crippen molar-refractivity contribution in [3.05, 3.63) is 58.3 Å². The van der Waals surface area contributed by atoms with Crippen LogP contribution in [0.15, 0.2) is 48.4 Å². The lowest BCUT2D eigenvalue weighted by Gasteiger charge is -2.10. The van der Waals surface area contributed by atoms with Gasteiger partial charge in [0.05, 0.1) is 16.4 Å². The van der Waals surface area contributed by atoms with Gasteiger partial charge in [-0.1, -0.05) is 23.7 Å². The molecule has 3 aromatic rings. The van der Waals surface area contributed by atoms with Gasteiger partial charge in [-0.05, 0) is 18.2 Å². The van der Waals surface area contributed by atoms with E-state index < -0.39 is 0 Å². The minimum atomic E-state index is 0.739. The van der Waals surface area contributed by atoms with Gasteiger partial charge in [0.15, 0.2) is 0 Å². The maximum absolute atomic E-state index is 5.91. The minimum absolute atomic E-state index is 0.739. The summed E-state index contributed by atoms with van der Waals surface area (Å²) in [7, 11) is 0. The average molecular weight is 291 g/mol. The first-order valence-corrected chi connectivity index (χ1v) is 6.99. The Hall–Kier alpha value is -1.85. The van der Waals surface area contributed by atoms with Crippen LogP contribution in [-0.2, 0) is 6.54 Å². The van der Waals surface area contributed by atoms with Gasteiger partial charge in [0, 0.05) is 16.8 Å². The summed E-state index contributed by atoms with van der Waals surface area (Å²) in [6, 6.07) is 9.95. The molecule has 4 nitrogen and oxygen atoms in total. The van der Waals surface area contributed by atoms with Crippen LogP contribution < -0.4 is 5.32 Å². The molecule has 1 N–H and O–H groups in total. The van der Waals surface area contributed by atoms with E-state index in [4.69, 9.17) is 11.6 Å². The van der Waals surface area contributed by atoms with E-state index in [2.05, 4.69) is 15.4 Å². The molecule has 0 saturated heterocycles. The first-order valence-electron chi connectivity index (χ1n) is 5.74. The van der Waals surface area contributed by atoms with Crippen molar-refractivity contribution in [1.29, 1.82) is 0 Å². The number of nitrogens with zero attached hydrogens (tertiary/aromatic N) is 3. The molecule has 0 aliphatic heterocycles. The number of para-hydroxylation sites is 2. The first-order chi connectivity index (χ1) is 9.33. The summed E-state index contributed by atoms with van der Waals surface area (Å²) in [6.07, 6.45) is 3.21. The molecular weight excluding hydrogens is 280 g/mol. The molecule has 0 spiro atoms. The van der Waals surface area contributed by atoms with Crippen molar-refractivity contribution in [1.82, 2.24) is 14.8 Å². The summed E-state index contributed by atoms with van der Waals surface area (Å²) in [6.45, 7) is 0.739. The van der Waals surface area contributed by atoms with Crippen molar-refractivity contribution in [2.75, 3.05) is 5.32 Å². The third-order valence-corrected chi connectivity index (χ3v) is 3.93. The van der Waals surface area contributed by atoms with E-state index in [0.29, 0.717) is 0 Å². The maximum Gasteiger partial charge on any atom is 0.138 e. The summed E-state index contributed by atoms with van der Waals surface area (Å²) in [5.41, 5.74) is 1.99. The van der Waals surface area contributed by atoms with Crippen LogP contribution in [0.1, 0.15) is 4.88 Å². The molecule has 0 bridgehead atoms. The van der Waals surface area contributed by atoms with Crippen molar-refractivity contribution < 1.29 is 0 Å². The van der Waals surface area contributed by atoms with Gasteiger partial charge in [-0.3, -0.25) is 0 Å². The lowest BCUT2D eigenvalue weighted by Crippen LogP contribution is -2.03. The van der Waals surface area contributed by atoms with Gasteiger partial charge in [0.2, 0.25) is 0 Å². The van der Waals surface area contributed by atoms with Crippen LogP contribution in [0.2, 0.25) is 5.02 Å². The highest BCUT2D eigenvalue weighted by atomic mass is 35.5. The molecule has 96 valence electrons. The lowest BCUT2D eigenvalue weighted by molar-refractivity contribution is 0.878. The fourth-order valence-corrected chi connectivity index (χ4v) is 2.80. The van der Waals surface area contributed by atoms with E-state index in [1.165, 1.54) is 11.2 Å². The fraction of sp³-hybridized carbons (Fsp3) is 0.0769. The molecular formula is C13H11ClN4S. The van der Waals surface area contributed by atoms with Gasteiger partial charge < -0.3 is 5.32 Å². The van der Waals surface area contributed by atoms with Gasteiger partial charge in [0.25, 0.3) is 0 Å². The van der Waals surface area contributed by atoms with E-state index in [9.17, 15) is 0 Å². The molecule has 2 aromatic heterocycles. The number of thiophene rings is 1. The van der Waals surface area contributed by atoms with Gasteiger partial charge in [0.1, 0.15) is 12.7 Å². The molecule has 0 unspecified atom stereocenters. The van der Waals surface area contributed by atoms with Crippen LogP contribution in [0.5, 0.6) is 0 Å². The van der Waals surface area contributed by atoms with Gasteiger partial charge in [-0.15, -0.1) is 11.3 Å². The highest BCUT2D eigenvalue weighted by molar-refractivity contribution is 7.10. The molecule has 0 saturated carbocycles. The van der Waals surface area contributed by atoms with Crippen LogP contribution >= 0.6 is 22.9 Å². The zero-order chi connectivity index (χ0) is 13.1. The first kappa shape index (κ1) is 12.2. The molecule has 6 heteroatoms. The summed E-state index contributed by atoms with van der Waals surface area (Å²) >= 11 is 7.56. The van der Waals surface area contributed by atoms with Gasteiger partial charge in [-0.2, -0.15) is 5.10 Å². The molecule has 1 aromatic carbocycles. The second kappa shape index (κ2) is 5.42. The number of hydrogen-bond donors (Lipinski definition) is 1. The highest BCUT2D eigenvalue weighted by Crippen LogP contribution is 2.23. The number of nitrogens with one attached hydrogen (secondary N) is 1. The molecule has 0 amide bonds. The summed E-state index contributed by atoms with van der Waals surface area (Å²) in [5, 5.41) is 10.3. The Morgan fingerprint density at radius 2 is 2.21 bits per heavy atom. The standard InChI is InChI=1S/C13H11ClN4S/c14-10-5-11(19-7-10)6-16-12-3-1-2-4-13(12)18-9-15-8-17-18/h1-5,7-9,16H,6H2. The van der Waals surface area contributed by atoms with Crippen LogP contribution in [0.3, 0.4) is 0 Å². The van der Waals surface area contributed by atoms with Crippen molar-refractivity contribution in [2.45, 2.75) is 6.54 Å². The SMILES string of the molecule is Clc1csc(CNc2ccccc2-n2cncn2)c1. The Labute approximate surface area is 119 Å². The molecule has 0 radical (unpaired) electrons. The number of halogens is 1. The lowest BCUT2D eigenvalue weighted by atomic mass is 10.2. The van der Waals surface area contributed by atoms with Crippen molar-refractivity contribution in [3.63, 3.8) is 0 Å². The monoisotopic (exact) mass is 290 g/mol. The molecule has 0 fully saturated rings. The molecule has 19 heavy (non-hydrogen) atoms. The van der Waals surface area contributed by atoms with E-state index in [1.807, 2.05) is 35.7 Å². The van der Waals surface area contributed by atoms with Gasteiger partial charge >= 0.3 is 0 Å². The molecule has 0 aliphatic rings. The Balaban J connectivity index is 1.81. The number of hydrogen-bond acceptors (Lipinski definition) is 4. The van der Waals surface area contributed by atoms with E-state index in [0.717, 1.165) is 22.9 Å². The Morgan fingerprint density at radius 1 is 1.32 bits per heavy atom. The third kappa shape index (κ3) is 2.77. The average Bonchev–Trinajstić information content (AvgIpc) is 3.08. The van der Waals surface area contributed by atoms with Crippen LogP contribution in [0, 0.1) is 0 Å². The smallest absolute Gasteiger partial charge is 0.138 e. The molecule has 0 aliphatic carbocycles. The predicted octanol–water partition coefficient (Wildman–Crippen LogP) is 3.59. The topological polar surface area (TPSA) is 42.7 Å². The Bertz CT molecular complexity index is 663. The largest absolute Gasteiger partial charge is 0.378 e. The summed E-state index contributed by atoms with van der Waals surface area (Å²) in [5.74, 6) is 0. The maximum atomic E-state index is 5.91. The summed E-state index contributed by atoms with van der Waals surface area (Å²) in [4.78, 5) is 5.16. The van der Waals surface area contributed by atoms with Crippen molar-refractivity contribution in [3.8, 4) is 5.69 Å². The normalized spacial score (nSPS) is 10.6. The van der Waals surface area contributed by atoms with E-state index in [-0.39, 0.29) is 0 Å². The van der Waals surface area contributed by atoms with Crippen molar-refractivity contribution in [2.24, 2.45) is 0 Å². The Morgan fingerprint density at radius 3 is 2.95 bits per heavy atom. The predicted molar refractivity (Wildman–Crippen MR) is 78.0 cm³/mol. The molecule has 2 heterocycles. The second-order valence-electron chi connectivity index (χ2n) is 3.94. The van der Waals surface area contributed by atoms with E-state index in [1.54, 1.807) is 22.3 Å². The van der Waals surface area contributed by atoms with Crippen LogP contribution in [-0.4, -0.2) is 14.8 Å². The third-order valence-electron chi connectivity index (χ3n) is 2.64. The number of benzene rings is 1. The highest BCUT2D eigenvalue weighted by Gasteiger charge is 2.05. The van der Waals surface area contributed by atoms with Gasteiger partial charge in [-0.25, -0.2) is 9.67 Å². The van der Waals surface area contributed by atoms with Crippen LogP contribution in [0.4, 0.5) is 5.69 Å². The molecule has 0 atom stereocenters. The summed E-state index contributed by atoms with van der Waals surface area (Å²) < 4.78 is 1.74. The quantitative estimate of drug-likeness (QED) is 0.798. The minimum Gasteiger partial charge on any atom is -0.378 e. The number of aromatic nitrogens is 3. The van der Waals surface area contributed by atoms with E-state index >= 15 is 0 Å². The Kier molecular flexibility index (Phi) is 3.48. The zero-order valence-electron chi connectivity index (χ0n) is 9.95. The number of anilines is 1. The molecule has 3 rings (SSSR count).